The highest BCUT2D eigenvalue weighted by Gasteiger charge is 2.15. The van der Waals surface area contributed by atoms with E-state index in [1.807, 2.05) is 31.2 Å². The lowest BCUT2D eigenvalue weighted by Crippen LogP contribution is -1.95. The van der Waals surface area contributed by atoms with Crippen LogP contribution in [0.25, 0.3) is 10.6 Å². The quantitative estimate of drug-likeness (QED) is 0.741. The topological polar surface area (TPSA) is 39.2 Å². The summed E-state index contributed by atoms with van der Waals surface area (Å²) < 4.78 is 5.51. The Morgan fingerprint density at radius 1 is 1.35 bits per heavy atom. The molecule has 2 rings (SSSR count). The van der Waals surface area contributed by atoms with E-state index in [1.165, 1.54) is 11.3 Å². The molecule has 0 spiro atoms. The zero-order chi connectivity index (χ0) is 14.5. The third-order valence-corrected chi connectivity index (χ3v) is 4.14. The Bertz CT molecular complexity index is 604. The first-order chi connectivity index (χ1) is 9.65. The van der Waals surface area contributed by atoms with Crippen LogP contribution in [0.3, 0.4) is 0 Å². The van der Waals surface area contributed by atoms with Crippen LogP contribution in [-0.2, 0) is 6.42 Å². The number of ether oxygens (including phenoxy) is 1. The van der Waals surface area contributed by atoms with Gasteiger partial charge >= 0.3 is 0 Å². The number of aromatic nitrogens is 1. The summed E-state index contributed by atoms with van der Waals surface area (Å²) in [7, 11) is 0. The third-order valence-electron chi connectivity index (χ3n) is 2.90. The Morgan fingerprint density at radius 2 is 2.15 bits per heavy atom. The molecule has 1 aromatic carbocycles. The van der Waals surface area contributed by atoms with Crippen LogP contribution in [0.5, 0.6) is 5.75 Å². The molecule has 3 nitrogen and oxygen atoms in total. The van der Waals surface area contributed by atoms with Gasteiger partial charge in [-0.3, -0.25) is 4.79 Å². The monoisotopic (exact) mass is 289 g/mol. The van der Waals surface area contributed by atoms with E-state index in [-0.39, 0.29) is 5.78 Å². The van der Waals surface area contributed by atoms with Crippen LogP contribution in [0, 0.1) is 0 Å². The Kier molecular flexibility index (Phi) is 4.90. The van der Waals surface area contributed by atoms with E-state index in [4.69, 9.17) is 4.74 Å². The number of aryl methyl sites for hydroxylation is 1. The average molecular weight is 289 g/mol. The fourth-order valence-corrected chi connectivity index (χ4v) is 3.05. The molecule has 0 aliphatic heterocycles. The first-order valence-electron chi connectivity index (χ1n) is 6.89. The number of nitrogens with zero attached hydrogens (tertiary/aromatic N) is 1. The lowest BCUT2D eigenvalue weighted by atomic mass is 10.2. The van der Waals surface area contributed by atoms with Gasteiger partial charge in [-0.15, -0.1) is 11.3 Å². The van der Waals surface area contributed by atoms with Gasteiger partial charge in [0.15, 0.2) is 5.78 Å². The van der Waals surface area contributed by atoms with E-state index < -0.39 is 0 Å². The van der Waals surface area contributed by atoms with Crippen molar-refractivity contribution in [3.63, 3.8) is 0 Å². The molecule has 0 amide bonds. The zero-order valence-corrected chi connectivity index (χ0v) is 12.9. The second-order valence-corrected chi connectivity index (χ2v) is 5.56. The number of thiazole rings is 1. The minimum atomic E-state index is 0.0955. The van der Waals surface area contributed by atoms with Crippen LogP contribution >= 0.6 is 11.3 Å². The van der Waals surface area contributed by atoms with Crippen LogP contribution in [0.15, 0.2) is 24.3 Å². The Hall–Kier alpha value is -1.68. The molecule has 0 N–H and O–H groups in total. The molecule has 0 saturated heterocycles. The van der Waals surface area contributed by atoms with Gasteiger partial charge in [-0.1, -0.05) is 25.5 Å². The Labute approximate surface area is 123 Å². The minimum absolute atomic E-state index is 0.0955. The molecule has 0 bridgehead atoms. The molecule has 0 radical (unpaired) electrons. The van der Waals surface area contributed by atoms with Crippen molar-refractivity contribution in [2.24, 2.45) is 0 Å². The van der Waals surface area contributed by atoms with Gasteiger partial charge in [-0.25, -0.2) is 4.98 Å². The Balaban J connectivity index is 2.39. The van der Waals surface area contributed by atoms with Crippen molar-refractivity contribution >= 4 is 17.1 Å². The predicted octanol–water partition coefficient (Wildman–Crippen LogP) is 4.36. The van der Waals surface area contributed by atoms with Crippen LogP contribution in [0.4, 0.5) is 0 Å². The largest absolute Gasteiger partial charge is 0.494 e. The van der Waals surface area contributed by atoms with Crippen molar-refractivity contribution in [2.45, 2.75) is 33.6 Å². The Morgan fingerprint density at radius 3 is 2.80 bits per heavy atom. The standard InChI is InChI=1S/C16H19NO2S/c1-4-7-14-15(11(3)18)20-16(17-14)12-8-6-9-13(10-12)19-5-2/h6,8-10H,4-5,7H2,1-3H3. The van der Waals surface area contributed by atoms with Crippen molar-refractivity contribution in [3.05, 3.63) is 34.8 Å². The van der Waals surface area contributed by atoms with E-state index in [2.05, 4.69) is 11.9 Å². The SMILES string of the molecule is CCCc1nc(-c2cccc(OCC)c2)sc1C(C)=O. The molecule has 0 fully saturated rings. The number of ketones is 1. The zero-order valence-electron chi connectivity index (χ0n) is 12.1. The lowest BCUT2D eigenvalue weighted by Gasteiger charge is -2.03. The first-order valence-corrected chi connectivity index (χ1v) is 7.71. The minimum Gasteiger partial charge on any atom is -0.494 e. The summed E-state index contributed by atoms with van der Waals surface area (Å²) >= 11 is 1.47. The van der Waals surface area contributed by atoms with Gasteiger partial charge in [-0.2, -0.15) is 0 Å². The molecular formula is C16H19NO2S. The van der Waals surface area contributed by atoms with Crippen molar-refractivity contribution in [2.75, 3.05) is 6.61 Å². The number of rotatable bonds is 6. The summed E-state index contributed by atoms with van der Waals surface area (Å²) in [6, 6.07) is 7.86. The van der Waals surface area contributed by atoms with Crippen LogP contribution < -0.4 is 4.74 Å². The van der Waals surface area contributed by atoms with E-state index in [0.29, 0.717) is 6.61 Å². The molecule has 0 aliphatic rings. The number of carbonyl (C=O) groups is 1. The summed E-state index contributed by atoms with van der Waals surface area (Å²) in [6.45, 7) is 6.30. The number of benzene rings is 1. The second kappa shape index (κ2) is 6.66. The van der Waals surface area contributed by atoms with Crippen molar-refractivity contribution in [1.29, 1.82) is 0 Å². The molecule has 20 heavy (non-hydrogen) atoms. The van der Waals surface area contributed by atoms with Crippen molar-refractivity contribution in [3.8, 4) is 16.3 Å². The number of Topliss-reactive ketones (excluding diaryl/α,β-unsaturated/α-hetero) is 1. The maximum absolute atomic E-state index is 11.7. The molecule has 1 heterocycles. The molecular weight excluding hydrogens is 270 g/mol. The van der Waals surface area contributed by atoms with Gasteiger partial charge in [0.05, 0.1) is 17.2 Å². The summed E-state index contributed by atoms with van der Waals surface area (Å²) in [4.78, 5) is 17.1. The molecule has 4 heteroatoms. The molecule has 106 valence electrons. The van der Waals surface area contributed by atoms with E-state index in [0.717, 1.165) is 39.7 Å². The average Bonchev–Trinajstić information content (AvgIpc) is 2.84. The summed E-state index contributed by atoms with van der Waals surface area (Å²) in [5.74, 6) is 0.930. The van der Waals surface area contributed by atoms with Crippen molar-refractivity contribution in [1.82, 2.24) is 4.98 Å². The van der Waals surface area contributed by atoms with E-state index in [1.54, 1.807) is 6.92 Å². The normalized spacial score (nSPS) is 10.6. The van der Waals surface area contributed by atoms with Crippen LogP contribution in [0.2, 0.25) is 0 Å². The highest BCUT2D eigenvalue weighted by molar-refractivity contribution is 7.17. The smallest absolute Gasteiger partial charge is 0.171 e. The maximum atomic E-state index is 11.7. The molecule has 0 aliphatic carbocycles. The number of carbonyl (C=O) groups excluding carboxylic acids is 1. The summed E-state index contributed by atoms with van der Waals surface area (Å²) in [5, 5.41) is 0.889. The molecule has 0 unspecified atom stereocenters. The fraction of sp³-hybridized carbons (Fsp3) is 0.375. The number of hydrogen-bond acceptors (Lipinski definition) is 4. The first kappa shape index (κ1) is 14.7. The molecule has 1 aromatic heterocycles. The second-order valence-electron chi connectivity index (χ2n) is 4.56. The molecule has 2 aromatic rings. The summed E-state index contributed by atoms with van der Waals surface area (Å²) in [6.07, 6.45) is 1.83. The van der Waals surface area contributed by atoms with Gasteiger partial charge in [0.25, 0.3) is 0 Å². The van der Waals surface area contributed by atoms with Gasteiger partial charge in [0.1, 0.15) is 10.8 Å². The summed E-state index contributed by atoms with van der Waals surface area (Å²) in [5.41, 5.74) is 1.92. The van der Waals surface area contributed by atoms with Crippen LogP contribution in [0.1, 0.15) is 42.6 Å². The van der Waals surface area contributed by atoms with E-state index in [9.17, 15) is 4.79 Å². The van der Waals surface area contributed by atoms with Gasteiger partial charge < -0.3 is 4.74 Å². The van der Waals surface area contributed by atoms with E-state index >= 15 is 0 Å². The fourth-order valence-electron chi connectivity index (χ4n) is 2.04. The van der Waals surface area contributed by atoms with Gasteiger partial charge in [-0.05, 0) is 25.5 Å². The third kappa shape index (κ3) is 3.25. The predicted molar refractivity (Wildman–Crippen MR) is 82.7 cm³/mol. The highest BCUT2D eigenvalue weighted by Crippen LogP contribution is 2.31. The highest BCUT2D eigenvalue weighted by atomic mass is 32.1. The van der Waals surface area contributed by atoms with Crippen LogP contribution in [-0.4, -0.2) is 17.4 Å². The lowest BCUT2D eigenvalue weighted by molar-refractivity contribution is 0.102. The number of hydrogen-bond donors (Lipinski definition) is 0. The van der Waals surface area contributed by atoms with Crippen molar-refractivity contribution < 1.29 is 9.53 Å². The molecule has 0 saturated carbocycles. The van der Waals surface area contributed by atoms with Gasteiger partial charge in [0.2, 0.25) is 0 Å². The van der Waals surface area contributed by atoms with Gasteiger partial charge in [0, 0.05) is 12.5 Å². The molecule has 0 atom stereocenters. The maximum Gasteiger partial charge on any atom is 0.171 e.